The largest absolute Gasteiger partial charge is 0.379 e. The summed E-state index contributed by atoms with van der Waals surface area (Å²) in [7, 11) is 0. The highest BCUT2D eigenvalue weighted by atomic mass is 79.9. The lowest BCUT2D eigenvalue weighted by atomic mass is 10.0. The Hall–Kier alpha value is -0.910. The van der Waals surface area contributed by atoms with E-state index in [1.54, 1.807) is 0 Å². The average molecular weight is 313 g/mol. The first-order valence-electron chi connectivity index (χ1n) is 5.97. The molecule has 1 aromatic carbocycles. The van der Waals surface area contributed by atoms with Gasteiger partial charge in [0.15, 0.2) is 0 Å². The van der Waals surface area contributed by atoms with Gasteiger partial charge >= 0.3 is 0 Å². The minimum absolute atomic E-state index is 0.0387. The summed E-state index contributed by atoms with van der Waals surface area (Å²) in [5.41, 5.74) is 6.88. The number of benzene rings is 1. The maximum Gasteiger partial charge on any atom is 0.227 e. The van der Waals surface area contributed by atoms with E-state index in [1.165, 1.54) is 0 Å². The molecule has 1 aliphatic rings. The quantitative estimate of drug-likeness (QED) is 0.891. The van der Waals surface area contributed by atoms with Gasteiger partial charge in [-0.3, -0.25) is 4.79 Å². The van der Waals surface area contributed by atoms with E-state index >= 15 is 0 Å². The summed E-state index contributed by atoms with van der Waals surface area (Å²) in [4.78, 5) is 12.1. The van der Waals surface area contributed by atoms with Crippen LogP contribution in [-0.4, -0.2) is 25.2 Å². The summed E-state index contributed by atoms with van der Waals surface area (Å²) in [6.45, 7) is 2.83. The van der Waals surface area contributed by atoms with Crippen LogP contribution in [0.1, 0.15) is 18.5 Å². The van der Waals surface area contributed by atoms with E-state index in [0.717, 1.165) is 10.0 Å². The maximum absolute atomic E-state index is 12.1. The second-order valence-electron chi connectivity index (χ2n) is 4.56. The molecule has 3 N–H and O–H groups in total. The minimum atomic E-state index is -0.241. The predicted octanol–water partition coefficient (Wildman–Crippen LogP) is 1.60. The van der Waals surface area contributed by atoms with Gasteiger partial charge in [-0.1, -0.05) is 34.1 Å². The molecular formula is C13H17BrN2O2. The highest BCUT2D eigenvalue weighted by Gasteiger charge is 2.32. The minimum Gasteiger partial charge on any atom is -0.379 e. The molecule has 5 heteroatoms. The first-order chi connectivity index (χ1) is 8.59. The number of rotatable bonds is 3. The lowest BCUT2D eigenvalue weighted by molar-refractivity contribution is -0.125. The molecule has 1 aromatic rings. The Morgan fingerprint density at radius 3 is 2.83 bits per heavy atom. The Kier molecular flexibility index (Phi) is 4.37. The average Bonchev–Trinajstić information content (AvgIpc) is 2.76. The lowest BCUT2D eigenvalue weighted by Crippen LogP contribution is -2.41. The SMILES string of the molecule is C[C@@H](NC(=O)C1COCC1N)c1ccccc1Br. The van der Waals surface area contributed by atoms with Crippen molar-refractivity contribution in [3.05, 3.63) is 34.3 Å². The molecule has 2 unspecified atom stereocenters. The standard InChI is InChI=1S/C13H17BrN2O2/c1-8(9-4-2-3-5-11(9)14)16-13(17)10-6-18-7-12(10)15/h2-5,8,10,12H,6-7,15H2,1H3,(H,16,17)/t8-,10?,12?/m1/s1. The van der Waals surface area contributed by atoms with Crippen LogP contribution in [0.15, 0.2) is 28.7 Å². The number of ether oxygens (including phenoxy) is 1. The van der Waals surface area contributed by atoms with E-state index in [-0.39, 0.29) is 23.9 Å². The van der Waals surface area contributed by atoms with Crippen LogP contribution in [0.25, 0.3) is 0 Å². The highest BCUT2D eigenvalue weighted by Crippen LogP contribution is 2.23. The van der Waals surface area contributed by atoms with Crippen molar-refractivity contribution in [3.8, 4) is 0 Å². The topological polar surface area (TPSA) is 64.3 Å². The Morgan fingerprint density at radius 1 is 1.50 bits per heavy atom. The van der Waals surface area contributed by atoms with Gasteiger partial charge in [-0.15, -0.1) is 0 Å². The van der Waals surface area contributed by atoms with Gasteiger partial charge in [0.05, 0.1) is 25.2 Å². The molecule has 0 aromatic heterocycles. The van der Waals surface area contributed by atoms with Crippen LogP contribution >= 0.6 is 15.9 Å². The van der Waals surface area contributed by atoms with Crippen molar-refractivity contribution in [2.75, 3.05) is 13.2 Å². The maximum atomic E-state index is 12.1. The van der Waals surface area contributed by atoms with E-state index in [9.17, 15) is 4.79 Å². The third-order valence-corrected chi connectivity index (χ3v) is 3.91. The molecule has 1 aliphatic heterocycles. The van der Waals surface area contributed by atoms with Gasteiger partial charge in [0.1, 0.15) is 0 Å². The van der Waals surface area contributed by atoms with Crippen LogP contribution in [0, 0.1) is 5.92 Å². The third kappa shape index (κ3) is 2.91. The van der Waals surface area contributed by atoms with E-state index < -0.39 is 0 Å². The van der Waals surface area contributed by atoms with Gasteiger partial charge in [-0.2, -0.15) is 0 Å². The Bertz CT molecular complexity index is 439. The van der Waals surface area contributed by atoms with E-state index in [2.05, 4.69) is 21.2 Å². The van der Waals surface area contributed by atoms with Gasteiger partial charge < -0.3 is 15.8 Å². The number of halogens is 1. The van der Waals surface area contributed by atoms with E-state index in [1.807, 2.05) is 31.2 Å². The number of amides is 1. The van der Waals surface area contributed by atoms with Gasteiger partial charge in [-0.25, -0.2) is 0 Å². The fourth-order valence-electron chi connectivity index (χ4n) is 2.07. The molecule has 1 amide bonds. The molecule has 0 bridgehead atoms. The van der Waals surface area contributed by atoms with Crippen LogP contribution < -0.4 is 11.1 Å². The fraction of sp³-hybridized carbons (Fsp3) is 0.462. The molecule has 1 fully saturated rings. The normalized spacial score (nSPS) is 24.8. The molecule has 4 nitrogen and oxygen atoms in total. The Morgan fingerprint density at radius 2 is 2.22 bits per heavy atom. The molecule has 0 radical (unpaired) electrons. The van der Waals surface area contributed by atoms with Gasteiger partial charge in [0.2, 0.25) is 5.91 Å². The molecule has 1 saturated heterocycles. The first-order valence-corrected chi connectivity index (χ1v) is 6.77. The Balaban J connectivity index is 2.01. The number of carbonyl (C=O) groups excluding carboxylic acids is 1. The van der Waals surface area contributed by atoms with Crippen molar-refractivity contribution in [2.24, 2.45) is 11.7 Å². The summed E-state index contributed by atoms with van der Waals surface area (Å²) in [5.74, 6) is -0.279. The number of nitrogens with two attached hydrogens (primary N) is 1. The predicted molar refractivity (Wildman–Crippen MR) is 73.0 cm³/mol. The molecule has 98 valence electrons. The molecule has 0 spiro atoms. The van der Waals surface area contributed by atoms with Crippen LogP contribution in [-0.2, 0) is 9.53 Å². The summed E-state index contributed by atoms with van der Waals surface area (Å²) in [6.07, 6.45) is 0. The number of nitrogens with one attached hydrogen (secondary N) is 1. The van der Waals surface area contributed by atoms with Crippen molar-refractivity contribution in [1.29, 1.82) is 0 Å². The van der Waals surface area contributed by atoms with E-state index in [0.29, 0.717) is 13.2 Å². The molecule has 3 atom stereocenters. The number of hydrogen-bond acceptors (Lipinski definition) is 3. The third-order valence-electron chi connectivity index (χ3n) is 3.19. The molecular weight excluding hydrogens is 296 g/mol. The van der Waals surface area contributed by atoms with Crippen LogP contribution in [0.5, 0.6) is 0 Å². The molecule has 18 heavy (non-hydrogen) atoms. The van der Waals surface area contributed by atoms with Crippen LogP contribution in [0.3, 0.4) is 0 Å². The van der Waals surface area contributed by atoms with Crippen molar-refractivity contribution >= 4 is 21.8 Å². The molecule has 1 heterocycles. The zero-order valence-electron chi connectivity index (χ0n) is 10.2. The smallest absolute Gasteiger partial charge is 0.227 e. The number of hydrogen-bond donors (Lipinski definition) is 2. The van der Waals surface area contributed by atoms with E-state index in [4.69, 9.17) is 10.5 Å². The highest BCUT2D eigenvalue weighted by molar-refractivity contribution is 9.10. The molecule has 0 aliphatic carbocycles. The van der Waals surface area contributed by atoms with Crippen LogP contribution in [0.2, 0.25) is 0 Å². The zero-order valence-corrected chi connectivity index (χ0v) is 11.8. The second kappa shape index (κ2) is 5.82. The summed E-state index contributed by atoms with van der Waals surface area (Å²) < 4.78 is 6.20. The monoisotopic (exact) mass is 312 g/mol. The summed E-state index contributed by atoms with van der Waals surface area (Å²) >= 11 is 3.48. The zero-order chi connectivity index (χ0) is 13.1. The van der Waals surface area contributed by atoms with Gasteiger partial charge in [0.25, 0.3) is 0 Å². The molecule has 2 rings (SSSR count). The van der Waals surface area contributed by atoms with Crippen molar-refractivity contribution in [2.45, 2.75) is 19.0 Å². The van der Waals surface area contributed by atoms with Crippen molar-refractivity contribution < 1.29 is 9.53 Å². The van der Waals surface area contributed by atoms with Crippen LogP contribution in [0.4, 0.5) is 0 Å². The fourth-order valence-corrected chi connectivity index (χ4v) is 2.69. The molecule has 0 saturated carbocycles. The lowest BCUT2D eigenvalue weighted by Gasteiger charge is -2.19. The second-order valence-corrected chi connectivity index (χ2v) is 5.41. The summed E-state index contributed by atoms with van der Waals surface area (Å²) in [5, 5.41) is 2.98. The van der Waals surface area contributed by atoms with Gasteiger partial charge in [0, 0.05) is 10.5 Å². The summed E-state index contributed by atoms with van der Waals surface area (Å²) in [6, 6.07) is 7.59. The number of carbonyl (C=O) groups is 1. The van der Waals surface area contributed by atoms with Crippen molar-refractivity contribution in [3.63, 3.8) is 0 Å². The first kappa shape index (κ1) is 13.5. The Labute approximate surface area is 115 Å². The van der Waals surface area contributed by atoms with Gasteiger partial charge in [-0.05, 0) is 18.6 Å². The van der Waals surface area contributed by atoms with Crippen molar-refractivity contribution in [1.82, 2.24) is 5.32 Å².